The van der Waals surface area contributed by atoms with Crippen molar-refractivity contribution in [1.29, 1.82) is 0 Å². The van der Waals surface area contributed by atoms with Crippen molar-refractivity contribution in [3.63, 3.8) is 0 Å². The van der Waals surface area contributed by atoms with Crippen LogP contribution in [0.3, 0.4) is 0 Å². The van der Waals surface area contributed by atoms with Gasteiger partial charge in [0.1, 0.15) is 0 Å². The van der Waals surface area contributed by atoms with Gasteiger partial charge < -0.3 is 25.1 Å². The van der Waals surface area contributed by atoms with Gasteiger partial charge in [0, 0.05) is 63.9 Å². The zero-order chi connectivity index (χ0) is 32.0. The van der Waals surface area contributed by atoms with E-state index in [9.17, 15) is 9.90 Å². The molecule has 3 aliphatic rings. The van der Waals surface area contributed by atoms with Gasteiger partial charge in [0.15, 0.2) is 6.29 Å². The molecule has 0 spiro atoms. The third kappa shape index (κ3) is 5.77. The number of nitrogens with zero attached hydrogens (tertiary/aromatic N) is 2. The number of allylic oxidation sites excluding steroid dienone is 2. The Morgan fingerprint density at radius 2 is 1.78 bits per heavy atom. The standard InChI is InChI=1S/C37H45N5O3/c1-8-24-21(5)31-18-34-25(9-2)20(4)30(39-34)17-32-22(6)26(12-13-35(43)41-27-11-10-14-45-37(27)44)36(42-32)23(7)29-15-19(3)28(38-29)16-33(24)40-31/h9,15-18,22,26-27,37-39,44H,2,8,10-14H2,1,3-7H3,(H,41,43)/t22?,26-,27?,37?/m0/s1. The lowest BCUT2D eigenvalue weighted by molar-refractivity contribution is -0.150. The van der Waals surface area contributed by atoms with Crippen LogP contribution in [0, 0.1) is 20.8 Å². The molecule has 0 aliphatic carbocycles. The molecule has 3 aromatic rings. The average molecular weight is 608 g/mol. The van der Waals surface area contributed by atoms with Crippen LogP contribution in [0.1, 0.15) is 110 Å². The van der Waals surface area contributed by atoms with Gasteiger partial charge in [0.2, 0.25) is 5.91 Å². The molecule has 0 saturated carbocycles. The van der Waals surface area contributed by atoms with E-state index in [0.29, 0.717) is 25.9 Å². The van der Waals surface area contributed by atoms with E-state index in [4.69, 9.17) is 14.7 Å². The quantitative estimate of drug-likeness (QED) is 0.232. The minimum atomic E-state index is -0.951. The molecule has 3 unspecified atom stereocenters. The number of nitrogens with one attached hydrogen (secondary N) is 3. The second kappa shape index (κ2) is 12.4. The summed E-state index contributed by atoms with van der Waals surface area (Å²) in [7, 11) is 0. The maximum Gasteiger partial charge on any atom is 0.220 e. The van der Waals surface area contributed by atoms with E-state index >= 15 is 0 Å². The summed E-state index contributed by atoms with van der Waals surface area (Å²) in [5, 5.41) is 13.2. The summed E-state index contributed by atoms with van der Waals surface area (Å²) in [5.41, 5.74) is 14.8. The number of hydrogen-bond donors (Lipinski definition) is 4. The number of aliphatic hydroxyl groups is 1. The van der Waals surface area contributed by atoms with E-state index in [-0.39, 0.29) is 23.8 Å². The van der Waals surface area contributed by atoms with Crippen molar-refractivity contribution >= 4 is 45.2 Å². The topological polar surface area (TPSA) is 116 Å². The van der Waals surface area contributed by atoms with Crippen LogP contribution in [0.4, 0.5) is 0 Å². The first kappa shape index (κ1) is 31.0. The molecule has 8 nitrogen and oxygen atoms in total. The summed E-state index contributed by atoms with van der Waals surface area (Å²) in [6, 6.07) is 8.28. The molecule has 3 aromatic heterocycles. The molecule has 1 fully saturated rings. The molecule has 1 amide bonds. The molecule has 1 saturated heterocycles. The molecule has 236 valence electrons. The molecule has 6 heterocycles. The van der Waals surface area contributed by atoms with Crippen molar-refractivity contribution in [2.45, 2.75) is 97.8 Å². The molecule has 0 radical (unpaired) electrons. The highest BCUT2D eigenvalue weighted by atomic mass is 16.6. The summed E-state index contributed by atoms with van der Waals surface area (Å²) in [6.07, 6.45) is 4.37. The fourth-order valence-electron chi connectivity index (χ4n) is 7.15. The summed E-state index contributed by atoms with van der Waals surface area (Å²) in [4.78, 5) is 30.8. The number of fused-ring (bicyclic) bond motifs is 8. The number of rotatable bonds is 6. The molecular formula is C37H45N5O3. The van der Waals surface area contributed by atoms with Crippen molar-refractivity contribution < 1.29 is 14.6 Å². The Kier molecular flexibility index (Phi) is 8.55. The lowest BCUT2D eigenvalue weighted by Gasteiger charge is -2.28. The van der Waals surface area contributed by atoms with Crippen molar-refractivity contribution in [1.82, 2.24) is 25.3 Å². The van der Waals surface area contributed by atoms with Gasteiger partial charge in [-0.3, -0.25) is 9.78 Å². The third-order valence-corrected chi connectivity index (χ3v) is 10.0. The summed E-state index contributed by atoms with van der Waals surface area (Å²) < 4.78 is 5.34. The van der Waals surface area contributed by atoms with Gasteiger partial charge in [0.25, 0.3) is 0 Å². The highest BCUT2D eigenvalue weighted by Crippen LogP contribution is 2.42. The molecule has 45 heavy (non-hydrogen) atoms. The van der Waals surface area contributed by atoms with Crippen LogP contribution < -0.4 is 5.32 Å². The molecule has 8 heteroatoms. The van der Waals surface area contributed by atoms with E-state index in [1.807, 2.05) is 6.08 Å². The van der Waals surface area contributed by atoms with E-state index in [1.165, 1.54) is 11.1 Å². The number of amides is 1. The zero-order valence-electron chi connectivity index (χ0n) is 27.3. The minimum Gasteiger partial charge on any atom is -0.366 e. The van der Waals surface area contributed by atoms with Crippen molar-refractivity contribution in [2.24, 2.45) is 0 Å². The Balaban J connectivity index is 1.50. The Bertz CT molecular complexity index is 1860. The zero-order valence-corrected chi connectivity index (χ0v) is 27.3. The van der Waals surface area contributed by atoms with Crippen LogP contribution in [0.5, 0.6) is 0 Å². The lowest BCUT2D eigenvalue weighted by Crippen LogP contribution is -2.47. The van der Waals surface area contributed by atoms with Crippen molar-refractivity contribution in [3.8, 4) is 0 Å². The van der Waals surface area contributed by atoms with Crippen molar-refractivity contribution in [3.05, 3.63) is 75.9 Å². The van der Waals surface area contributed by atoms with Crippen LogP contribution in [0.15, 0.2) is 30.8 Å². The van der Waals surface area contributed by atoms with Gasteiger partial charge in [-0.15, -0.1) is 0 Å². The molecule has 8 bridgehead atoms. The first-order valence-corrected chi connectivity index (χ1v) is 16.2. The number of H-pyrrole nitrogens is 2. The van der Waals surface area contributed by atoms with E-state index < -0.39 is 6.29 Å². The van der Waals surface area contributed by atoms with Crippen LogP contribution in [-0.2, 0) is 9.53 Å². The molecule has 3 aliphatic heterocycles. The Morgan fingerprint density at radius 1 is 1.04 bits per heavy atom. The second-order valence-corrected chi connectivity index (χ2v) is 12.8. The Labute approximate surface area is 265 Å². The number of hydrogen-bond acceptors (Lipinski definition) is 5. The van der Waals surface area contributed by atoms with Gasteiger partial charge in [-0.2, -0.15) is 0 Å². The van der Waals surface area contributed by atoms with Crippen molar-refractivity contribution in [2.75, 3.05) is 6.61 Å². The average Bonchev–Trinajstić information content (AvgIpc) is 3.71. The molecule has 4 atom stereocenters. The van der Waals surface area contributed by atoms with Gasteiger partial charge in [-0.1, -0.05) is 26.5 Å². The summed E-state index contributed by atoms with van der Waals surface area (Å²) >= 11 is 0. The summed E-state index contributed by atoms with van der Waals surface area (Å²) in [5.74, 6) is 0.0749. The van der Waals surface area contributed by atoms with Crippen LogP contribution in [-0.4, -0.2) is 49.9 Å². The first-order chi connectivity index (χ1) is 21.6. The van der Waals surface area contributed by atoms with Crippen LogP contribution >= 0.6 is 0 Å². The highest BCUT2D eigenvalue weighted by Gasteiger charge is 2.32. The molecule has 6 rings (SSSR count). The number of aryl methyl sites for hydroxylation is 3. The third-order valence-electron chi connectivity index (χ3n) is 10.0. The van der Waals surface area contributed by atoms with Gasteiger partial charge in [-0.05, 0) is 105 Å². The van der Waals surface area contributed by atoms with Crippen LogP contribution in [0.25, 0.3) is 39.3 Å². The number of carbonyl (C=O) groups excluding carboxylic acids is 1. The predicted octanol–water partition coefficient (Wildman–Crippen LogP) is 7.50. The maximum absolute atomic E-state index is 13.1. The fraction of sp³-hybridized carbons (Fsp3) is 0.432. The SMILES string of the molecule is C=Cc1c(C)c2cc3nc(c(C)c4cc(C)c(cc5nc(cc1[nH]2)C(C)=C5CC)[nH]4)[C@@H](CCC(=O)NC1CCCOC1O)C3C. The number of aliphatic hydroxyl groups excluding tert-OH is 1. The Morgan fingerprint density at radius 3 is 2.51 bits per heavy atom. The number of aromatic amines is 2. The molecular weight excluding hydrogens is 562 g/mol. The van der Waals surface area contributed by atoms with Gasteiger partial charge in [0.05, 0.1) is 17.4 Å². The van der Waals surface area contributed by atoms with E-state index in [2.05, 4.69) is 87.7 Å². The largest absolute Gasteiger partial charge is 0.366 e. The minimum absolute atomic E-state index is 0.0506. The van der Waals surface area contributed by atoms with Gasteiger partial charge in [-0.25, -0.2) is 4.98 Å². The monoisotopic (exact) mass is 607 g/mol. The maximum atomic E-state index is 13.1. The van der Waals surface area contributed by atoms with E-state index in [1.54, 1.807) is 0 Å². The smallest absolute Gasteiger partial charge is 0.220 e. The normalized spacial score (nSPS) is 21.7. The van der Waals surface area contributed by atoms with E-state index in [0.717, 1.165) is 79.9 Å². The number of carbonyl (C=O) groups is 1. The molecule has 0 aromatic carbocycles. The van der Waals surface area contributed by atoms with Gasteiger partial charge >= 0.3 is 0 Å². The number of ether oxygens (including phenoxy) is 1. The Hall–Kier alpha value is -4.01. The summed E-state index contributed by atoms with van der Waals surface area (Å²) in [6.45, 7) is 17.5. The van der Waals surface area contributed by atoms with Crippen LogP contribution in [0.2, 0.25) is 0 Å². The number of aromatic nitrogens is 4. The molecule has 4 N–H and O–H groups in total. The first-order valence-electron chi connectivity index (χ1n) is 16.2. The predicted molar refractivity (Wildman–Crippen MR) is 182 cm³/mol. The lowest BCUT2D eigenvalue weighted by atomic mass is 9.86. The fourth-order valence-corrected chi connectivity index (χ4v) is 7.15. The highest BCUT2D eigenvalue weighted by molar-refractivity contribution is 5.93. The second-order valence-electron chi connectivity index (χ2n) is 12.8.